The first-order chi connectivity index (χ1) is 8.22. The first-order valence-corrected chi connectivity index (χ1v) is 6.74. The molecular weight excluding hydrogens is 257 g/mol. The van der Waals surface area contributed by atoms with Gasteiger partial charge in [0.05, 0.1) is 6.04 Å². The fourth-order valence-electron chi connectivity index (χ4n) is 2.35. The van der Waals surface area contributed by atoms with Crippen LogP contribution in [-0.4, -0.2) is 23.2 Å². The predicted molar refractivity (Wildman–Crippen MR) is 70.5 cm³/mol. The number of alkyl halides is 1. The number of rotatable bonds is 3. The van der Waals surface area contributed by atoms with E-state index in [9.17, 15) is 4.79 Å². The third-order valence-corrected chi connectivity index (χ3v) is 3.54. The van der Waals surface area contributed by atoms with Gasteiger partial charge < -0.3 is 4.90 Å². The molecule has 1 heterocycles. The van der Waals surface area contributed by atoms with Crippen molar-refractivity contribution in [2.75, 3.05) is 12.4 Å². The molecule has 1 atom stereocenters. The van der Waals surface area contributed by atoms with Gasteiger partial charge in [0, 0.05) is 23.9 Å². The number of amides is 1. The molecule has 2 nitrogen and oxygen atoms in total. The number of carbonyl (C=O) groups is 1. The molecule has 2 rings (SSSR count). The number of hydrogen-bond donors (Lipinski definition) is 0. The zero-order valence-corrected chi connectivity index (χ0v) is 11.0. The highest BCUT2D eigenvalue weighted by molar-refractivity contribution is 6.30. The van der Waals surface area contributed by atoms with Crippen LogP contribution in [0.3, 0.4) is 0 Å². The van der Waals surface area contributed by atoms with Crippen molar-refractivity contribution >= 4 is 29.1 Å². The maximum Gasteiger partial charge on any atom is 0.224 e. The molecule has 92 valence electrons. The third kappa shape index (κ3) is 2.93. The smallest absolute Gasteiger partial charge is 0.224 e. The topological polar surface area (TPSA) is 20.3 Å². The summed E-state index contributed by atoms with van der Waals surface area (Å²) in [5, 5.41) is 0.721. The van der Waals surface area contributed by atoms with Crippen LogP contribution in [-0.2, 0) is 4.79 Å². The Balaban J connectivity index is 2.17. The molecule has 0 aromatic heterocycles. The lowest BCUT2D eigenvalue weighted by atomic mass is 10.0. The Morgan fingerprint density at radius 1 is 1.47 bits per heavy atom. The van der Waals surface area contributed by atoms with Gasteiger partial charge in [0.15, 0.2) is 0 Å². The molecule has 1 aromatic rings. The van der Waals surface area contributed by atoms with Gasteiger partial charge in [-0.1, -0.05) is 23.7 Å². The number of nitrogens with zero attached hydrogens (tertiary/aromatic N) is 1. The van der Waals surface area contributed by atoms with Crippen molar-refractivity contribution in [3.63, 3.8) is 0 Å². The molecule has 4 heteroatoms. The van der Waals surface area contributed by atoms with Crippen LogP contribution in [0.5, 0.6) is 0 Å². The minimum atomic E-state index is 0.141. The minimum absolute atomic E-state index is 0.141. The summed E-state index contributed by atoms with van der Waals surface area (Å²) in [7, 11) is 0. The zero-order valence-electron chi connectivity index (χ0n) is 9.53. The Labute approximate surface area is 112 Å². The molecule has 0 saturated carbocycles. The summed E-state index contributed by atoms with van der Waals surface area (Å²) >= 11 is 11.6. The van der Waals surface area contributed by atoms with Gasteiger partial charge in [-0.3, -0.25) is 4.79 Å². The Kier molecular flexibility index (Phi) is 4.30. The molecule has 1 saturated heterocycles. The monoisotopic (exact) mass is 271 g/mol. The number of halogens is 2. The van der Waals surface area contributed by atoms with E-state index < -0.39 is 0 Å². The molecule has 17 heavy (non-hydrogen) atoms. The first kappa shape index (κ1) is 12.7. The van der Waals surface area contributed by atoms with Crippen molar-refractivity contribution < 1.29 is 4.79 Å². The van der Waals surface area contributed by atoms with Crippen LogP contribution in [0, 0.1) is 0 Å². The number of likely N-dealkylation sites (tertiary alicyclic amines) is 1. The average Bonchev–Trinajstić information content (AvgIpc) is 2.78. The Morgan fingerprint density at radius 3 is 3.00 bits per heavy atom. The lowest BCUT2D eigenvalue weighted by Gasteiger charge is -2.25. The zero-order chi connectivity index (χ0) is 12.3. The third-order valence-electron chi connectivity index (χ3n) is 3.11. The van der Waals surface area contributed by atoms with Gasteiger partial charge in [0.1, 0.15) is 0 Å². The molecule has 1 amide bonds. The minimum Gasteiger partial charge on any atom is -0.336 e. The highest BCUT2D eigenvalue weighted by Gasteiger charge is 2.29. The molecule has 1 aliphatic rings. The van der Waals surface area contributed by atoms with Crippen LogP contribution >= 0.6 is 23.2 Å². The van der Waals surface area contributed by atoms with Gasteiger partial charge in [-0.25, -0.2) is 0 Å². The second kappa shape index (κ2) is 5.74. The van der Waals surface area contributed by atoms with Gasteiger partial charge in [0.2, 0.25) is 5.91 Å². The molecule has 0 radical (unpaired) electrons. The van der Waals surface area contributed by atoms with E-state index in [0.717, 1.165) is 30.0 Å². The van der Waals surface area contributed by atoms with E-state index in [2.05, 4.69) is 0 Å². The average molecular weight is 272 g/mol. The van der Waals surface area contributed by atoms with Crippen molar-refractivity contribution in [3.8, 4) is 0 Å². The van der Waals surface area contributed by atoms with Crippen molar-refractivity contribution in [2.45, 2.75) is 25.3 Å². The van der Waals surface area contributed by atoms with Gasteiger partial charge in [-0.15, -0.1) is 11.6 Å². The van der Waals surface area contributed by atoms with Gasteiger partial charge in [-0.05, 0) is 30.5 Å². The van der Waals surface area contributed by atoms with E-state index in [1.807, 2.05) is 29.2 Å². The summed E-state index contributed by atoms with van der Waals surface area (Å²) in [6.07, 6.45) is 2.47. The first-order valence-electron chi connectivity index (χ1n) is 5.83. The van der Waals surface area contributed by atoms with Crippen LogP contribution in [0.1, 0.15) is 30.9 Å². The summed E-state index contributed by atoms with van der Waals surface area (Å²) in [6.45, 7) is 0.826. The summed E-state index contributed by atoms with van der Waals surface area (Å²) < 4.78 is 0. The fourth-order valence-corrected chi connectivity index (χ4v) is 2.71. The molecule has 0 N–H and O–H groups in total. The van der Waals surface area contributed by atoms with Crippen molar-refractivity contribution in [1.82, 2.24) is 4.90 Å². The van der Waals surface area contributed by atoms with E-state index in [0.29, 0.717) is 12.3 Å². The molecule has 1 aromatic carbocycles. The van der Waals surface area contributed by atoms with Crippen LogP contribution in [0.4, 0.5) is 0 Å². The molecular formula is C13H15Cl2NO. The fraction of sp³-hybridized carbons (Fsp3) is 0.462. The molecule has 0 bridgehead atoms. The molecule has 0 spiro atoms. The van der Waals surface area contributed by atoms with Crippen LogP contribution in [0.25, 0.3) is 0 Å². The van der Waals surface area contributed by atoms with Crippen LogP contribution in [0.2, 0.25) is 5.02 Å². The largest absolute Gasteiger partial charge is 0.336 e. The molecule has 0 aliphatic carbocycles. The van der Waals surface area contributed by atoms with E-state index in [1.165, 1.54) is 0 Å². The summed E-state index contributed by atoms with van der Waals surface area (Å²) in [6, 6.07) is 7.93. The van der Waals surface area contributed by atoms with E-state index in [1.54, 1.807) is 0 Å². The second-order valence-corrected chi connectivity index (χ2v) is 5.05. The quantitative estimate of drug-likeness (QED) is 0.769. The summed E-state index contributed by atoms with van der Waals surface area (Å²) in [4.78, 5) is 13.8. The second-order valence-electron chi connectivity index (χ2n) is 4.24. The van der Waals surface area contributed by atoms with E-state index in [4.69, 9.17) is 23.2 Å². The standard InChI is InChI=1S/C13H15Cl2NO/c14-7-6-13(17)16-8-2-5-12(16)10-3-1-4-11(15)9-10/h1,3-4,9,12H,2,5-8H2. The maximum atomic E-state index is 11.9. The highest BCUT2D eigenvalue weighted by Crippen LogP contribution is 2.33. The Bertz CT molecular complexity index is 408. The highest BCUT2D eigenvalue weighted by atomic mass is 35.5. The molecule has 1 unspecified atom stereocenters. The van der Waals surface area contributed by atoms with Crippen molar-refractivity contribution in [1.29, 1.82) is 0 Å². The Morgan fingerprint density at radius 2 is 2.29 bits per heavy atom. The van der Waals surface area contributed by atoms with Gasteiger partial charge >= 0.3 is 0 Å². The van der Waals surface area contributed by atoms with Crippen LogP contribution in [0.15, 0.2) is 24.3 Å². The van der Waals surface area contributed by atoms with E-state index >= 15 is 0 Å². The normalized spacial score (nSPS) is 19.6. The maximum absolute atomic E-state index is 11.9. The molecule has 1 fully saturated rings. The van der Waals surface area contributed by atoms with E-state index in [-0.39, 0.29) is 11.9 Å². The van der Waals surface area contributed by atoms with Crippen LogP contribution < -0.4 is 0 Å². The lowest BCUT2D eigenvalue weighted by Crippen LogP contribution is -2.30. The van der Waals surface area contributed by atoms with Gasteiger partial charge in [0.25, 0.3) is 0 Å². The predicted octanol–water partition coefficient (Wildman–Crippen LogP) is 3.63. The van der Waals surface area contributed by atoms with Crippen molar-refractivity contribution in [2.24, 2.45) is 0 Å². The van der Waals surface area contributed by atoms with Crippen molar-refractivity contribution in [3.05, 3.63) is 34.9 Å². The van der Waals surface area contributed by atoms with Gasteiger partial charge in [-0.2, -0.15) is 0 Å². The molecule has 1 aliphatic heterocycles. The Hall–Kier alpha value is -0.730. The number of benzene rings is 1. The summed E-state index contributed by atoms with van der Waals surface area (Å²) in [5.41, 5.74) is 1.12. The SMILES string of the molecule is O=C(CCCl)N1CCCC1c1cccc(Cl)c1. The number of hydrogen-bond acceptors (Lipinski definition) is 1. The summed E-state index contributed by atoms with van der Waals surface area (Å²) in [5.74, 6) is 0.528. The number of carbonyl (C=O) groups excluding carboxylic acids is 1. The lowest BCUT2D eigenvalue weighted by molar-refractivity contribution is -0.131.